The number of H-pyrrole nitrogens is 1. The molecule has 1 amide bonds. The van der Waals surface area contributed by atoms with Crippen molar-refractivity contribution in [3.63, 3.8) is 0 Å². The highest BCUT2D eigenvalue weighted by Gasteiger charge is 2.13. The fourth-order valence-corrected chi connectivity index (χ4v) is 3.26. The summed E-state index contributed by atoms with van der Waals surface area (Å²) in [6.45, 7) is 3.51. The van der Waals surface area contributed by atoms with E-state index in [1.54, 1.807) is 6.07 Å². The number of likely N-dealkylation sites (N-methyl/N-ethyl adjacent to an activating group) is 1. The number of fused-ring (bicyclic) bond motifs is 1. The molecule has 144 valence electrons. The summed E-state index contributed by atoms with van der Waals surface area (Å²) in [5, 5.41) is 11.6. The predicted molar refractivity (Wildman–Crippen MR) is 104 cm³/mol. The number of aromatic amines is 1. The Labute approximate surface area is 161 Å². The van der Waals surface area contributed by atoms with E-state index in [0.717, 1.165) is 35.2 Å². The van der Waals surface area contributed by atoms with Gasteiger partial charge in [0.1, 0.15) is 6.26 Å². The van der Waals surface area contributed by atoms with Crippen molar-refractivity contribution >= 4 is 22.5 Å². The van der Waals surface area contributed by atoms with Gasteiger partial charge in [0.2, 0.25) is 12.3 Å². The Morgan fingerprint density at radius 2 is 2.21 bits per heavy atom. The molecule has 0 saturated heterocycles. The Kier molecular flexibility index (Phi) is 4.94. The number of hydrogen-bond donors (Lipinski definition) is 2. The number of aryl methyl sites for hydroxylation is 1. The topological polar surface area (TPSA) is 100 Å². The number of benzene rings is 1. The molecule has 0 fully saturated rings. The molecule has 28 heavy (non-hydrogen) atoms. The van der Waals surface area contributed by atoms with Gasteiger partial charge in [-0.2, -0.15) is 0 Å². The van der Waals surface area contributed by atoms with Gasteiger partial charge in [0, 0.05) is 28.8 Å². The Morgan fingerprint density at radius 1 is 1.32 bits per heavy atom. The van der Waals surface area contributed by atoms with Gasteiger partial charge in [-0.05, 0) is 50.2 Å². The zero-order valence-electron chi connectivity index (χ0n) is 15.7. The zero-order valence-corrected chi connectivity index (χ0v) is 15.7. The molecule has 1 aromatic carbocycles. The van der Waals surface area contributed by atoms with Gasteiger partial charge in [0.25, 0.3) is 5.91 Å². The van der Waals surface area contributed by atoms with Crippen LogP contribution in [0.2, 0.25) is 0 Å². The Bertz CT molecular complexity index is 1070. The van der Waals surface area contributed by atoms with Gasteiger partial charge < -0.3 is 19.1 Å². The zero-order chi connectivity index (χ0) is 19.5. The molecule has 3 heterocycles. The van der Waals surface area contributed by atoms with Crippen molar-refractivity contribution in [2.45, 2.75) is 19.9 Å². The van der Waals surface area contributed by atoms with E-state index in [9.17, 15) is 4.79 Å². The number of aromatic nitrogens is 3. The summed E-state index contributed by atoms with van der Waals surface area (Å²) in [6.07, 6.45) is 5.11. The van der Waals surface area contributed by atoms with Crippen LogP contribution >= 0.6 is 0 Å². The van der Waals surface area contributed by atoms with E-state index in [1.165, 1.54) is 24.5 Å². The van der Waals surface area contributed by atoms with E-state index in [0.29, 0.717) is 18.0 Å². The van der Waals surface area contributed by atoms with E-state index in [1.807, 2.05) is 25.2 Å². The molecular formula is C20H21N5O3. The number of anilines is 1. The maximum Gasteiger partial charge on any atom is 0.258 e. The molecule has 0 aliphatic heterocycles. The first-order chi connectivity index (χ1) is 13.6. The van der Waals surface area contributed by atoms with Gasteiger partial charge in [-0.1, -0.05) is 0 Å². The van der Waals surface area contributed by atoms with Crippen molar-refractivity contribution in [3.05, 3.63) is 65.9 Å². The fraction of sp³-hybridized carbons (Fsp3) is 0.250. The van der Waals surface area contributed by atoms with Crippen LogP contribution in [-0.4, -0.2) is 39.6 Å². The molecule has 0 aliphatic carbocycles. The van der Waals surface area contributed by atoms with Crippen molar-refractivity contribution in [1.29, 1.82) is 0 Å². The molecule has 3 aromatic heterocycles. The standard InChI is InChI=1S/C20H21N5O3/c1-13-16(5-7-25(2)10-19-24-21-12-28-19)17-9-15(3-4-18(17)22-13)23-20(26)14-6-8-27-11-14/h3-4,6,8-9,11-12,22H,5,7,10H2,1-2H3,(H,23,26). The van der Waals surface area contributed by atoms with Crippen molar-refractivity contribution in [1.82, 2.24) is 20.1 Å². The lowest BCUT2D eigenvalue weighted by Crippen LogP contribution is -2.21. The van der Waals surface area contributed by atoms with Crippen molar-refractivity contribution in [2.24, 2.45) is 0 Å². The predicted octanol–water partition coefficient (Wildman–Crippen LogP) is 3.38. The lowest BCUT2D eigenvalue weighted by molar-refractivity contribution is 0.102. The highest BCUT2D eigenvalue weighted by atomic mass is 16.4. The number of amides is 1. The van der Waals surface area contributed by atoms with Gasteiger partial charge in [0.05, 0.1) is 18.4 Å². The molecule has 0 aliphatic rings. The maximum atomic E-state index is 12.3. The van der Waals surface area contributed by atoms with Crippen molar-refractivity contribution in [3.8, 4) is 0 Å². The van der Waals surface area contributed by atoms with Crippen LogP contribution in [-0.2, 0) is 13.0 Å². The van der Waals surface area contributed by atoms with Gasteiger partial charge in [-0.15, -0.1) is 10.2 Å². The molecule has 0 atom stereocenters. The number of furan rings is 1. The average molecular weight is 379 g/mol. The number of rotatable bonds is 7. The lowest BCUT2D eigenvalue weighted by atomic mass is 10.1. The summed E-state index contributed by atoms with van der Waals surface area (Å²) in [5.41, 5.74) is 4.64. The summed E-state index contributed by atoms with van der Waals surface area (Å²) in [6, 6.07) is 7.52. The largest absolute Gasteiger partial charge is 0.472 e. The highest BCUT2D eigenvalue weighted by molar-refractivity contribution is 6.05. The van der Waals surface area contributed by atoms with E-state index in [4.69, 9.17) is 8.83 Å². The summed E-state index contributed by atoms with van der Waals surface area (Å²) < 4.78 is 10.2. The first-order valence-corrected chi connectivity index (χ1v) is 8.98. The summed E-state index contributed by atoms with van der Waals surface area (Å²) in [7, 11) is 2.02. The molecule has 0 radical (unpaired) electrons. The average Bonchev–Trinajstić information content (AvgIpc) is 3.41. The minimum absolute atomic E-state index is 0.193. The molecule has 8 nitrogen and oxygen atoms in total. The molecular weight excluding hydrogens is 358 g/mol. The second-order valence-corrected chi connectivity index (χ2v) is 6.78. The highest BCUT2D eigenvalue weighted by Crippen LogP contribution is 2.26. The van der Waals surface area contributed by atoms with Crippen LogP contribution < -0.4 is 5.32 Å². The molecule has 0 saturated carbocycles. The van der Waals surface area contributed by atoms with Crippen LogP contribution in [0.25, 0.3) is 10.9 Å². The second kappa shape index (κ2) is 7.69. The van der Waals surface area contributed by atoms with Crippen LogP contribution in [0.15, 0.2) is 52.0 Å². The molecule has 2 N–H and O–H groups in total. The SMILES string of the molecule is Cc1[nH]c2ccc(NC(=O)c3ccoc3)cc2c1CCN(C)Cc1nnco1. The molecule has 8 heteroatoms. The molecule has 0 bridgehead atoms. The van der Waals surface area contributed by atoms with E-state index in [2.05, 4.69) is 32.3 Å². The van der Waals surface area contributed by atoms with Crippen molar-refractivity contribution in [2.75, 3.05) is 18.9 Å². The fourth-order valence-electron chi connectivity index (χ4n) is 3.26. The normalized spacial score (nSPS) is 11.4. The molecule has 0 spiro atoms. The van der Waals surface area contributed by atoms with Gasteiger partial charge >= 0.3 is 0 Å². The number of hydrogen-bond acceptors (Lipinski definition) is 6. The molecule has 4 rings (SSSR count). The summed E-state index contributed by atoms with van der Waals surface area (Å²) >= 11 is 0. The Hall–Kier alpha value is -3.39. The monoisotopic (exact) mass is 379 g/mol. The quantitative estimate of drug-likeness (QED) is 0.511. The Morgan fingerprint density at radius 3 is 2.96 bits per heavy atom. The van der Waals surface area contributed by atoms with Crippen LogP contribution in [0.4, 0.5) is 5.69 Å². The number of nitrogens with zero attached hydrogens (tertiary/aromatic N) is 3. The van der Waals surface area contributed by atoms with Gasteiger partial charge in [-0.3, -0.25) is 9.69 Å². The number of carbonyl (C=O) groups excluding carboxylic acids is 1. The van der Waals surface area contributed by atoms with Crippen LogP contribution in [0.5, 0.6) is 0 Å². The van der Waals surface area contributed by atoms with Crippen LogP contribution in [0.3, 0.4) is 0 Å². The van der Waals surface area contributed by atoms with Crippen LogP contribution in [0.1, 0.15) is 27.5 Å². The van der Waals surface area contributed by atoms with E-state index in [-0.39, 0.29) is 5.91 Å². The summed E-state index contributed by atoms with van der Waals surface area (Å²) in [5.74, 6) is 0.406. The Balaban J connectivity index is 1.49. The van der Waals surface area contributed by atoms with Gasteiger partial charge in [-0.25, -0.2) is 0 Å². The first kappa shape index (κ1) is 18.0. The van der Waals surface area contributed by atoms with E-state index >= 15 is 0 Å². The van der Waals surface area contributed by atoms with Gasteiger partial charge in [0.15, 0.2) is 0 Å². The van der Waals surface area contributed by atoms with Crippen LogP contribution in [0, 0.1) is 6.92 Å². The van der Waals surface area contributed by atoms with E-state index < -0.39 is 0 Å². The lowest BCUT2D eigenvalue weighted by Gasteiger charge is -2.14. The minimum Gasteiger partial charge on any atom is -0.472 e. The summed E-state index contributed by atoms with van der Waals surface area (Å²) in [4.78, 5) is 17.8. The molecule has 0 unspecified atom stereocenters. The second-order valence-electron chi connectivity index (χ2n) is 6.78. The third kappa shape index (κ3) is 3.81. The third-order valence-electron chi connectivity index (χ3n) is 4.71. The smallest absolute Gasteiger partial charge is 0.258 e. The third-order valence-corrected chi connectivity index (χ3v) is 4.71. The maximum absolute atomic E-state index is 12.3. The number of carbonyl (C=O) groups is 1. The number of nitrogens with one attached hydrogen (secondary N) is 2. The first-order valence-electron chi connectivity index (χ1n) is 8.98. The minimum atomic E-state index is -0.193. The molecule has 4 aromatic rings. The van der Waals surface area contributed by atoms with Crippen molar-refractivity contribution < 1.29 is 13.6 Å².